The van der Waals surface area contributed by atoms with E-state index in [0.717, 1.165) is 13.1 Å². The second kappa shape index (κ2) is 5.50. The Balaban J connectivity index is 1.76. The van der Waals surface area contributed by atoms with Crippen molar-refractivity contribution < 1.29 is 0 Å². The quantitative estimate of drug-likeness (QED) is 0.847. The number of hydrogen-bond donors (Lipinski definition) is 1. The summed E-state index contributed by atoms with van der Waals surface area (Å²) in [6.07, 6.45) is 12.6. The highest BCUT2D eigenvalue weighted by Gasteiger charge is 2.25. The normalized spacial score (nSPS) is 19.1. The van der Waals surface area contributed by atoms with Gasteiger partial charge in [-0.1, -0.05) is 32.8 Å². The van der Waals surface area contributed by atoms with Crippen LogP contribution in [0.5, 0.6) is 0 Å². The predicted molar refractivity (Wildman–Crippen MR) is 71.5 cm³/mol. The number of nitrogens with one attached hydrogen (secondary N) is 1. The number of hydrogen-bond acceptors (Lipinski definition) is 2. The van der Waals surface area contributed by atoms with Gasteiger partial charge in [0.2, 0.25) is 0 Å². The Morgan fingerprint density at radius 1 is 1.47 bits per heavy atom. The lowest BCUT2D eigenvalue weighted by Gasteiger charge is -2.33. The van der Waals surface area contributed by atoms with E-state index in [-0.39, 0.29) is 0 Å². The van der Waals surface area contributed by atoms with Crippen LogP contribution in [0.1, 0.15) is 44.6 Å². The van der Waals surface area contributed by atoms with Gasteiger partial charge in [0.05, 0.1) is 6.20 Å². The van der Waals surface area contributed by atoms with Crippen molar-refractivity contribution in [2.24, 2.45) is 5.41 Å². The van der Waals surface area contributed by atoms with Crippen LogP contribution in [-0.4, -0.2) is 16.3 Å². The highest BCUT2D eigenvalue weighted by Crippen LogP contribution is 2.34. The molecule has 0 spiro atoms. The van der Waals surface area contributed by atoms with E-state index in [4.69, 9.17) is 0 Å². The van der Waals surface area contributed by atoms with E-state index in [9.17, 15) is 0 Å². The Hall–Kier alpha value is -1.09. The Kier molecular flexibility index (Phi) is 4.00. The molecule has 0 bridgehead atoms. The SMILES string of the molecule is C=Cn1cc(CNCC2(C)CCCCC2)cn1. The molecule has 0 aromatic carbocycles. The lowest BCUT2D eigenvalue weighted by atomic mass is 9.76. The molecule has 0 aliphatic heterocycles. The molecular formula is C14H23N3. The molecule has 0 amide bonds. The van der Waals surface area contributed by atoms with Crippen molar-refractivity contribution in [1.82, 2.24) is 15.1 Å². The molecule has 94 valence electrons. The lowest BCUT2D eigenvalue weighted by molar-refractivity contribution is 0.207. The molecule has 3 heteroatoms. The Labute approximate surface area is 104 Å². The van der Waals surface area contributed by atoms with Crippen LogP contribution < -0.4 is 5.32 Å². The average molecular weight is 233 g/mol. The van der Waals surface area contributed by atoms with Crippen LogP contribution in [-0.2, 0) is 6.54 Å². The van der Waals surface area contributed by atoms with Gasteiger partial charge in [-0.25, -0.2) is 4.68 Å². The molecule has 0 unspecified atom stereocenters. The summed E-state index contributed by atoms with van der Waals surface area (Å²) in [7, 11) is 0. The van der Waals surface area contributed by atoms with Crippen molar-refractivity contribution in [3.63, 3.8) is 0 Å². The van der Waals surface area contributed by atoms with Crippen LogP contribution in [0, 0.1) is 5.41 Å². The van der Waals surface area contributed by atoms with Crippen molar-refractivity contribution in [2.75, 3.05) is 6.54 Å². The highest BCUT2D eigenvalue weighted by molar-refractivity contribution is 5.17. The van der Waals surface area contributed by atoms with Gasteiger partial charge in [-0.05, 0) is 18.3 Å². The second-order valence-electron chi connectivity index (χ2n) is 5.49. The number of aromatic nitrogens is 2. The first-order valence-corrected chi connectivity index (χ1v) is 6.58. The number of rotatable bonds is 5. The topological polar surface area (TPSA) is 29.9 Å². The summed E-state index contributed by atoms with van der Waals surface area (Å²) < 4.78 is 1.75. The third-order valence-corrected chi connectivity index (χ3v) is 3.78. The zero-order valence-electron chi connectivity index (χ0n) is 10.8. The minimum Gasteiger partial charge on any atom is -0.312 e. The predicted octanol–water partition coefficient (Wildman–Crippen LogP) is 3.04. The van der Waals surface area contributed by atoms with Crippen LogP contribution in [0.2, 0.25) is 0 Å². The molecule has 0 saturated heterocycles. The van der Waals surface area contributed by atoms with Gasteiger partial charge in [0.1, 0.15) is 0 Å². The second-order valence-corrected chi connectivity index (χ2v) is 5.49. The van der Waals surface area contributed by atoms with Gasteiger partial charge in [0, 0.05) is 31.0 Å². The molecule has 1 aromatic heterocycles. The Morgan fingerprint density at radius 2 is 2.24 bits per heavy atom. The van der Waals surface area contributed by atoms with Crippen LogP contribution in [0.25, 0.3) is 6.20 Å². The molecule has 2 rings (SSSR count). The van der Waals surface area contributed by atoms with Crippen molar-refractivity contribution in [2.45, 2.75) is 45.6 Å². The summed E-state index contributed by atoms with van der Waals surface area (Å²) in [6, 6.07) is 0. The largest absolute Gasteiger partial charge is 0.312 e. The fraction of sp³-hybridized carbons (Fsp3) is 0.643. The van der Waals surface area contributed by atoms with Crippen LogP contribution in [0.15, 0.2) is 19.0 Å². The molecule has 1 saturated carbocycles. The van der Waals surface area contributed by atoms with E-state index in [1.807, 2.05) is 12.4 Å². The maximum absolute atomic E-state index is 4.18. The Bertz CT molecular complexity index is 361. The summed E-state index contributed by atoms with van der Waals surface area (Å²) in [5.74, 6) is 0. The minimum atomic E-state index is 0.507. The molecule has 1 heterocycles. The standard InChI is InChI=1S/C14H23N3/c1-3-17-11-13(10-16-17)9-15-12-14(2)7-5-4-6-8-14/h3,10-11,15H,1,4-9,12H2,2H3. The van der Waals surface area contributed by atoms with Crippen molar-refractivity contribution >= 4 is 6.20 Å². The van der Waals surface area contributed by atoms with Crippen LogP contribution in [0.4, 0.5) is 0 Å². The van der Waals surface area contributed by atoms with Gasteiger partial charge in [-0.2, -0.15) is 5.10 Å². The first-order chi connectivity index (χ1) is 8.22. The smallest absolute Gasteiger partial charge is 0.0538 e. The van der Waals surface area contributed by atoms with E-state index >= 15 is 0 Å². The van der Waals surface area contributed by atoms with Crippen molar-refractivity contribution in [3.8, 4) is 0 Å². The van der Waals surface area contributed by atoms with Gasteiger partial charge in [-0.3, -0.25) is 0 Å². The molecule has 0 atom stereocenters. The molecular weight excluding hydrogens is 210 g/mol. The summed E-state index contributed by atoms with van der Waals surface area (Å²) in [5, 5.41) is 7.74. The van der Waals surface area contributed by atoms with E-state index in [2.05, 4.69) is 23.9 Å². The average Bonchev–Trinajstić information content (AvgIpc) is 2.78. The van der Waals surface area contributed by atoms with E-state index in [1.165, 1.54) is 37.7 Å². The summed E-state index contributed by atoms with van der Waals surface area (Å²) in [4.78, 5) is 0. The van der Waals surface area contributed by atoms with Gasteiger partial charge in [0.25, 0.3) is 0 Å². The molecule has 1 N–H and O–H groups in total. The van der Waals surface area contributed by atoms with E-state index in [0.29, 0.717) is 5.41 Å². The van der Waals surface area contributed by atoms with Gasteiger partial charge in [-0.15, -0.1) is 0 Å². The van der Waals surface area contributed by atoms with Crippen molar-refractivity contribution in [1.29, 1.82) is 0 Å². The van der Waals surface area contributed by atoms with E-state index < -0.39 is 0 Å². The molecule has 17 heavy (non-hydrogen) atoms. The Morgan fingerprint density at radius 3 is 2.88 bits per heavy atom. The number of nitrogens with zero attached hydrogens (tertiary/aromatic N) is 2. The van der Waals surface area contributed by atoms with Gasteiger partial charge in [0.15, 0.2) is 0 Å². The zero-order valence-corrected chi connectivity index (χ0v) is 10.8. The molecule has 1 aromatic rings. The molecule has 1 aliphatic carbocycles. The monoisotopic (exact) mass is 233 g/mol. The molecule has 0 radical (unpaired) electrons. The summed E-state index contributed by atoms with van der Waals surface area (Å²) >= 11 is 0. The summed E-state index contributed by atoms with van der Waals surface area (Å²) in [5.41, 5.74) is 1.73. The lowest BCUT2D eigenvalue weighted by Crippen LogP contribution is -2.33. The fourth-order valence-electron chi connectivity index (χ4n) is 2.66. The first-order valence-electron chi connectivity index (χ1n) is 6.58. The summed E-state index contributed by atoms with van der Waals surface area (Å²) in [6.45, 7) is 8.12. The van der Waals surface area contributed by atoms with E-state index in [1.54, 1.807) is 10.9 Å². The molecule has 3 nitrogen and oxygen atoms in total. The molecule has 1 fully saturated rings. The third kappa shape index (κ3) is 3.43. The maximum Gasteiger partial charge on any atom is 0.0538 e. The van der Waals surface area contributed by atoms with Crippen LogP contribution in [0.3, 0.4) is 0 Å². The minimum absolute atomic E-state index is 0.507. The maximum atomic E-state index is 4.18. The first kappa shape index (κ1) is 12.4. The highest BCUT2D eigenvalue weighted by atomic mass is 15.2. The molecule has 1 aliphatic rings. The van der Waals surface area contributed by atoms with Crippen LogP contribution >= 0.6 is 0 Å². The van der Waals surface area contributed by atoms with Crippen molar-refractivity contribution in [3.05, 3.63) is 24.5 Å². The fourth-order valence-corrected chi connectivity index (χ4v) is 2.66. The van der Waals surface area contributed by atoms with Gasteiger partial charge < -0.3 is 5.32 Å². The zero-order chi connectivity index (χ0) is 12.1. The third-order valence-electron chi connectivity index (χ3n) is 3.78. The van der Waals surface area contributed by atoms with Gasteiger partial charge >= 0.3 is 0 Å².